The number of hydrogen-bond donors (Lipinski definition) is 1. The number of hydrogen-bond acceptors (Lipinski definition) is 6. The normalized spacial score (nSPS) is 12.1. The molecule has 8 heteroatoms. The minimum atomic E-state index is -0.572. The van der Waals surface area contributed by atoms with Crippen molar-refractivity contribution < 1.29 is 23.9 Å². The zero-order valence-electron chi connectivity index (χ0n) is 25.7. The molecule has 0 spiro atoms. The van der Waals surface area contributed by atoms with Crippen molar-refractivity contribution in [1.82, 2.24) is 10.0 Å². The second-order valence-electron chi connectivity index (χ2n) is 11.2. The molecule has 7 rings (SSSR count). The second-order valence-corrected chi connectivity index (χ2v) is 11.2. The molecule has 1 aliphatic heterocycles. The molecule has 0 bridgehead atoms. The quantitative estimate of drug-likeness (QED) is 0.160. The number of pyridine rings is 1. The molecular formula is C40H30N2O6. The molecule has 2 amide bonds. The molecule has 1 aromatic heterocycles. The number of amides is 2. The average molecular weight is 635 g/mol. The van der Waals surface area contributed by atoms with Gasteiger partial charge in [-0.25, -0.2) is 0 Å². The minimum Gasteiger partial charge on any atom is -0.486 e. The standard InChI is InChI=1S/C40H30N2O6/c43-33-24-31(26-46-34-23-13-22-32-36(34)40(45)41-39(32)44)42(48-38(29-18-9-3-10-19-29)30-20-11-4-12-21-30)25-35(33)47-37(27-14-5-1-6-15-27)28-16-7-2-8-17-28/h1-25,37-38H,26H2,(H,41,44,45). The van der Waals surface area contributed by atoms with Gasteiger partial charge >= 0.3 is 0 Å². The third kappa shape index (κ3) is 6.32. The van der Waals surface area contributed by atoms with Crippen LogP contribution in [-0.2, 0) is 6.61 Å². The van der Waals surface area contributed by atoms with Crippen molar-refractivity contribution >= 4 is 11.8 Å². The van der Waals surface area contributed by atoms with Crippen LogP contribution in [0.25, 0.3) is 0 Å². The summed E-state index contributed by atoms with van der Waals surface area (Å²) in [4.78, 5) is 45.3. The number of benzene rings is 5. The number of carbonyl (C=O) groups excluding carboxylic acids is 2. The van der Waals surface area contributed by atoms with Crippen LogP contribution in [-0.4, -0.2) is 16.5 Å². The molecule has 8 nitrogen and oxygen atoms in total. The van der Waals surface area contributed by atoms with E-state index < -0.39 is 24.0 Å². The summed E-state index contributed by atoms with van der Waals surface area (Å²) in [5, 5.41) is 2.30. The number of rotatable bonds is 11. The van der Waals surface area contributed by atoms with Gasteiger partial charge in [0, 0.05) is 6.07 Å². The van der Waals surface area contributed by atoms with Crippen molar-refractivity contribution in [3.8, 4) is 11.5 Å². The molecule has 1 N–H and O–H groups in total. The lowest BCUT2D eigenvalue weighted by molar-refractivity contribution is 0.0457. The van der Waals surface area contributed by atoms with Crippen LogP contribution < -0.4 is 25.1 Å². The fourth-order valence-corrected chi connectivity index (χ4v) is 5.69. The van der Waals surface area contributed by atoms with E-state index in [1.54, 1.807) is 18.2 Å². The van der Waals surface area contributed by atoms with Gasteiger partial charge in [0.25, 0.3) is 11.8 Å². The van der Waals surface area contributed by atoms with Gasteiger partial charge in [-0.2, -0.15) is 4.73 Å². The smallest absolute Gasteiger partial charge is 0.262 e. The Morgan fingerprint density at radius 1 is 0.562 bits per heavy atom. The Hall–Kier alpha value is -6.41. The van der Waals surface area contributed by atoms with Crippen molar-refractivity contribution in [2.45, 2.75) is 18.8 Å². The van der Waals surface area contributed by atoms with E-state index in [1.807, 2.05) is 121 Å². The Morgan fingerprint density at radius 3 is 1.62 bits per heavy atom. The van der Waals surface area contributed by atoms with Crippen molar-refractivity contribution in [3.63, 3.8) is 0 Å². The number of nitrogens with one attached hydrogen (secondary N) is 1. The lowest BCUT2D eigenvalue weighted by atomic mass is 10.0. The van der Waals surface area contributed by atoms with Gasteiger partial charge in [-0.05, 0) is 34.4 Å². The Balaban J connectivity index is 1.30. The van der Waals surface area contributed by atoms with Crippen LogP contribution in [0.15, 0.2) is 157 Å². The minimum absolute atomic E-state index is 0.0712. The Kier molecular flexibility index (Phi) is 8.52. The van der Waals surface area contributed by atoms with Crippen LogP contribution in [0.1, 0.15) is 60.9 Å². The van der Waals surface area contributed by atoms with Crippen molar-refractivity contribution in [1.29, 1.82) is 0 Å². The Morgan fingerprint density at radius 2 is 1.08 bits per heavy atom. The maximum Gasteiger partial charge on any atom is 0.262 e. The SMILES string of the molecule is O=C1NC(=O)c2c(OCc3cc(=O)c(OC(c4ccccc4)c4ccccc4)cn3OC(c3ccccc3)c3ccccc3)cccc21. The van der Waals surface area contributed by atoms with Crippen LogP contribution >= 0.6 is 0 Å². The summed E-state index contributed by atoms with van der Waals surface area (Å²) in [6.45, 7) is -0.148. The Labute approximate surface area is 276 Å². The van der Waals surface area contributed by atoms with Crippen LogP contribution in [0.5, 0.6) is 11.5 Å². The first-order valence-electron chi connectivity index (χ1n) is 15.5. The topological polar surface area (TPSA) is 95.9 Å². The van der Waals surface area contributed by atoms with Crippen LogP contribution in [0.4, 0.5) is 0 Å². The summed E-state index contributed by atoms with van der Waals surface area (Å²) < 4.78 is 14.1. The van der Waals surface area contributed by atoms with E-state index >= 15 is 0 Å². The van der Waals surface area contributed by atoms with E-state index in [9.17, 15) is 14.4 Å². The van der Waals surface area contributed by atoms with Crippen LogP contribution in [0, 0.1) is 0 Å². The highest BCUT2D eigenvalue weighted by atomic mass is 16.7. The van der Waals surface area contributed by atoms with Crippen molar-refractivity contribution in [2.24, 2.45) is 0 Å². The van der Waals surface area contributed by atoms with E-state index in [0.29, 0.717) is 5.69 Å². The highest BCUT2D eigenvalue weighted by molar-refractivity contribution is 6.22. The zero-order chi connectivity index (χ0) is 32.9. The predicted molar refractivity (Wildman–Crippen MR) is 180 cm³/mol. The summed E-state index contributed by atoms with van der Waals surface area (Å²) in [7, 11) is 0. The van der Waals surface area contributed by atoms with Gasteiger partial charge in [0.2, 0.25) is 5.43 Å². The molecule has 0 unspecified atom stereocenters. The van der Waals surface area contributed by atoms with E-state index in [2.05, 4.69) is 5.32 Å². The van der Waals surface area contributed by atoms with E-state index in [4.69, 9.17) is 14.3 Å². The summed E-state index contributed by atoms with van der Waals surface area (Å²) in [6.07, 6.45) is 0.396. The van der Waals surface area contributed by atoms with Gasteiger partial charge in [-0.15, -0.1) is 0 Å². The molecule has 0 aliphatic carbocycles. The summed E-state index contributed by atoms with van der Waals surface area (Å²) in [5.41, 5.74) is 3.89. The molecule has 236 valence electrons. The van der Waals surface area contributed by atoms with E-state index in [0.717, 1.165) is 22.3 Å². The summed E-state index contributed by atoms with van der Waals surface area (Å²) >= 11 is 0. The maximum absolute atomic E-state index is 13.8. The first-order valence-corrected chi connectivity index (χ1v) is 15.5. The molecule has 5 aromatic carbocycles. The highest BCUT2D eigenvalue weighted by Crippen LogP contribution is 2.30. The highest BCUT2D eigenvalue weighted by Gasteiger charge is 2.30. The number of imide groups is 1. The molecule has 0 saturated heterocycles. The summed E-state index contributed by atoms with van der Waals surface area (Å²) in [5.74, 6) is -0.737. The molecule has 0 radical (unpaired) electrons. The van der Waals surface area contributed by atoms with E-state index in [1.165, 1.54) is 17.0 Å². The number of fused-ring (bicyclic) bond motifs is 1. The molecule has 0 saturated carbocycles. The fraction of sp³-hybridized carbons (Fsp3) is 0.0750. The fourth-order valence-electron chi connectivity index (χ4n) is 5.69. The maximum atomic E-state index is 13.8. The third-order valence-corrected chi connectivity index (χ3v) is 8.03. The lowest BCUT2D eigenvalue weighted by Gasteiger charge is -2.25. The lowest BCUT2D eigenvalue weighted by Crippen LogP contribution is -2.26. The molecule has 0 atom stereocenters. The molecule has 48 heavy (non-hydrogen) atoms. The third-order valence-electron chi connectivity index (χ3n) is 8.03. The number of carbonyl (C=O) groups is 2. The van der Waals surface area contributed by atoms with Gasteiger partial charge in [0.05, 0.1) is 23.0 Å². The molecule has 6 aromatic rings. The van der Waals surface area contributed by atoms with Gasteiger partial charge in [-0.3, -0.25) is 19.7 Å². The number of aromatic nitrogens is 1. The monoisotopic (exact) mass is 634 g/mol. The zero-order valence-corrected chi connectivity index (χ0v) is 25.7. The van der Waals surface area contributed by atoms with Gasteiger partial charge in [0.1, 0.15) is 18.5 Å². The average Bonchev–Trinajstić information content (AvgIpc) is 3.44. The summed E-state index contributed by atoms with van der Waals surface area (Å²) in [6, 6.07) is 45.1. The van der Waals surface area contributed by atoms with Crippen LogP contribution in [0.3, 0.4) is 0 Å². The first kappa shape index (κ1) is 30.3. The Bertz CT molecular complexity index is 2040. The number of ether oxygens (including phenoxy) is 2. The van der Waals surface area contributed by atoms with Gasteiger partial charge in [0.15, 0.2) is 11.9 Å². The predicted octanol–water partition coefficient (Wildman–Crippen LogP) is 6.70. The number of nitrogens with zero attached hydrogens (tertiary/aromatic N) is 1. The van der Waals surface area contributed by atoms with Gasteiger partial charge in [-0.1, -0.05) is 127 Å². The largest absolute Gasteiger partial charge is 0.486 e. The molecule has 2 heterocycles. The van der Waals surface area contributed by atoms with Crippen molar-refractivity contribution in [3.05, 3.63) is 201 Å². The molecule has 1 aliphatic rings. The molecular weight excluding hydrogens is 604 g/mol. The molecule has 0 fully saturated rings. The first-order chi connectivity index (χ1) is 23.5. The van der Waals surface area contributed by atoms with Crippen molar-refractivity contribution in [2.75, 3.05) is 0 Å². The second kappa shape index (κ2) is 13.5. The van der Waals surface area contributed by atoms with E-state index in [-0.39, 0.29) is 34.7 Å². The van der Waals surface area contributed by atoms with Gasteiger partial charge < -0.3 is 14.3 Å². The van der Waals surface area contributed by atoms with Crippen LogP contribution in [0.2, 0.25) is 0 Å².